The molecular weight excluding hydrogens is 369 g/mol. The molecule has 7 heteroatoms. The summed E-state index contributed by atoms with van der Waals surface area (Å²) in [6, 6.07) is 8.64. The third-order valence-corrected chi connectivity index (χ3v) is 5.48. The van der Waals surface area contributed by atoms with Crippen LogP contribution in [0, 0.1) is 12.7 Å². The molecular formula is C22H26FN5O. The van der Waals surface area contributed by atoms with E-state index in [1.807, 2.05) is 32.0 Å². The van der Waals surface area contributed by atoms with Crippen molar-refractivity contribution in [1.29, 1.82) is 0 Å². The molecule has 0 atom stereocenters. The fourth-order valence-corrected chi connectivity index (χ4v) is 3.82. The van der Waals surface area contributed by atoms with E-state index in [-0.39, 0.29) is 11.7 Å². The van der Waals surface area contributed by atoms with Gasteiger partial charge in [-0.15, -0.1) is 0 Å². The van der Waals surface area contributed by atoms with E-state index >= 15 is 0 Å². The van der Waals surface area contributed by atoms with Crippen molar-refractivity contribution in [2.75, 3.05) is 20.1 Å². The van der Waals surface area contributed by atoms with Crippen molar-refractivity contribution >= 4 is 11.6 Å². The van der Waals surface area contributed by atoms with Gasteiger partial charge >= 0.3 is 0 Å². The van der Waals surface area contributed by atoms with Crippen molar-refractivity contribution in [3.63, 3.8) is 0 Å². The van der Waals surface area contributed by atoms with Crippen LogP contribution in [-0.4, -0.2) is 50.7 Å². The smallest absolute Gasteiger partial charge is 0.270 e. The zero-order valence-electron chi connectivity index (χ0n) is 17.2. The minimum absolute atomic E-state index is 0.101. The van der Waals surface area contributed by atoms with Crippen LogP contribution in [0.1, 0.15) is 47.9 Å². The van der Waals surface area contributed by atoms with Gasteiger partial charge in [-0.1, -0.05) is 19.4 Å². The monoisotopic (exact) mass is 395 g/mol. The summed E-state index contributed by atoms with van der Waals surface area (Å²) in [6.07, 6.45) is 3.88. The molecule has 0 unspecified atom stereocenters. The summed E-state index contributed by atoms with van der Waals surface area (Å²) in [5.74, 6) is -0.412. The Bertz CT molecular complexity index is 1060. The maximum absolute atomic E-state index is 14.4. The lowest BCUT2D eigenvalue weighted by atomic mass is 10.1. The van der Waals surface area contributed by atoms with Crippen LogP contribution >= 0.6 is 0 Å². The van der Waals surface area contributed by atoms with Crippen molar-refractivity contribution < 1.29 is 9.18 Å². The van der Waals surface area contributed by atoms with Crippen molar-refractivity contribution in [1.82, 2.24) is 24.6 Å². The van der Waals surface area contributed by atoms with E-state index < -0.39 is 0 Å². The fourth-order valence-electron chi connectivity index (χ4n) is 3.82. The molecule has 1 fully saturated rings. The lowest BCUT2D eigenvalue weighted by molar-refractivity contribution is 0.0113. The van der Waals surface area contributed by atoms with Gasteiger partial charge in [-0.2, -0.15) is 5.10 Å². The molecule has 1 aromatic carbocycles. The number of carbonyl (C=O) groups excluding carboxylic acids is 1. The van der Waals surface area contributed by atoms with Crippen LogP contribution in [-0.2, 0) is 6.42 Å². The summed E-state index contributed by atoms with van der Waals surface area (Å²) in [6.45, 7) is 5.42. The minimum Gasteiger partial charge on any atom is -0.270 e. The van der Waals surface area contributed by atoms with Crippen molar-refractivity contribution in [3.8, 4) is 11.3 Å². The third-order valence-electron chi connectivity index (χ3n) is 5.48. The van der Waals surface area contributed by atoms with Gasteiger partial charge in [0.05, 0.1) is 5.69 Å². The molecule has 3 aromatic rings. The number of rotatable bonds is 3. The second-order valence-electron chi connectivity index (χ2n) is 7.64. The van der Waals surface area contributed by atoms with E-state index in [4.69, 9.17) is 0 Å². The van der Waals surface area contributed by atoms with Crippen molar-refractivity contribution in [2.45, 2.75) is 39.5 Å². The number of nitrogens with zero attached hydrogens (tertiary/aromatic N) is 5. The number of hydrazine groups is 1. The molecule has 0 N–H and O–H groups in total. The van der Waals surface area contributed by atoms with Crippen molar-refractivity contribution in [3.05, 3.63) is 53.1 Å². The van der Waals surface area contributed by atoms with Crippen LogP contribution in [0.2, 0.25) is 0 Å². The summed E-state index contributed by atoms with van der Waals surface area (Å²) in [4.78, 5) is 17.8. The Kier molecular flexibility index (Phi) is 5.32. The molecule has 2 aromatic heterocycles. The Labute approximate surface area is 169 Å². The van der Waals surface area contributed by atoms with E-state index in [1.54, 1.807) is 27.7 Å². The number of aromatic nitrogens is 3. The average molecular weight is 395 g/mol. The lowest BCUT2D eigenvalue weighted by Gasteiger charge is -2.29. The van der Waals surface area contributed by atoms with Crippen LogP contribution in [0.4, 0.5) is 4.39 Å². The molecule has 0 bridgehead atoms. The molecule has 6 nitrogen and oxygen atoms in total. The van der Waals surface area contributed by atoms with Crippen LogP contribution < -0.4 is 0 Å². The predicted molar refractivity (Wildman–Crippen MR) is 110 cm³/mol. The zero-order valence-corrected chi connectivity index (χ0v) is 17.2. The molecule has 0 radical (unpaired) electrons. The quantitative estimate of drug-likeness (QED) is 0.675. The van der Waals surface area contributed by atoms with Gasteiger partial charge in [-0.05, 0) is 49.9 Å². The molecule has 4 rings (SSSR count). The molecule has 0 aliphatic carbocycles. The van der Waals surface area contributed by atoms with Crippen LogP contribution in [0.25, 0.3) is 16.9 Å². The van der Waals surface area contributed by atoms with E-state index in [2.05, 4.69) is 10.1 Å². The number of amides is 1. The lowest BCUT2D eigenvalue weighted by Crippen LogP contribution is -2.44. The maximum Gasteiger partial charge on any atom is 0.286 e. The van der Waals surface area contributed by atoms with E-state index in [0.29, 0.717) is 35.6 Å². The summed E-state index contributed by atoms with van der Waals surface area (Å²) in [7, 11) is 1.94. The Morgan fingerprint density at radius 2 is 1.93 bits per heavy atom. The van der Waals surface area contributed by atoms with Gasteiger partial charge < -0.3 is 0 Å². The highest BCUT2D eigenvalue weighted by Crippen LogP contribution is 2.24. The number of halogens is 1. The van der Waals surface area contributed by atoms with Gasteiger partial charge in [0.15, 0.2) is 5.65 Å². The summed E-state index contributed by atoms with van der Waals surface area (Å²) >= 11 is 0. The first-order valence-corrected chi connectivity index (χ1v) is 10.2. The van der Waals surface area contributed by atoms with Crippen LogP contribution in [0.3, 0.4) is 0 Å². The zero-order chi connectivity index (χ0) is 20.5. The first-order chi connectivity index (χ1) is 14.0. The van der Waals surface area contributed by atoms with Crippen LogP contribution in [0.15, 0.2) is 30.3 Å². The Balaban J connectivity index is 1.76. The maximum atomic E-state index is 14.4. The molecule has 3 heterocycles. The second kappa shape index (κ2) is 7.91. The minimum atomic E-state index is -0.311. The topological polar surface area (TPSA) is 53.7 Å². The number of carbonyl (C=O) groups is 1. The molecule has 0 saturated carbocycles. The highest BCUT2D eigenvalue weighted by atomic mass is 19.1. The van der Waals surface area contributed by atoms with Crippen molar-refractivity contribution in [2.24, 2.45) is 0 Å². The number of hydrogen-bond donors (Lipinski definition) is 0. The first kappa shape index (κ1) is 19.5. The third kappa shape index (κ3) is 3.74. The normalized spacial score (nSPS) is 15.7. The molecule has 29 heavy (non-hydrogen) atoms. The van der Waals surface area contributed by atoms with Gasteiger partial charge in [0, 0.05) is 37.5 Å². The summed E-state index contributed by atoms with van der Waals surface area (Å²) < 4.78 is 16.1. The van der Waals surface area contributed by atoms with E-state index in [0.717, 1.165) is 37.1 Å². The molecule has 1 aliphatic rings. The SMILES string of the molecule is CCc1cc(C(=O)N2CCCCCN2C)nc2cc(-c3ccc(C)cc3F)nn12. The van der Waals surface area contributed by atoms with Gasteiger partial charge in [0.1, 0.15) is 11.5 Å². The summed E-state index contributed by atoms with van der Waals surface area (Å²) in [5, 5.41) is 8.33. The average Bonchev–Trinajstić information content (AvgIpc) is 3.01. The Morgan fingerprint density at radius 3 is 2.69 bits per heavy atom. The van der Waals surface area contributed by atoms with Gasteiger partial charge in [-0.25, -0.2) is 18.9 Å². The predicted octanol–water partition coefficient (Wildman–Crippen LogP) is 3.88. The highest BCUT2D eigenvalue weighted by Gasteiger charge is 2.24. The van der Waals surface area contributed by atoms with E-state index in [9.17, 15) is 9.18 Å². The molecule has 152 valence electrons. The van der Waals surface area contributed by atoms with E-state index in [1.165, 1.54) is 6.07 Å². The number of aryl methyl sites for hydroxylation is 2. The molecule has 1 aliphatic heterocycles. The van der Waals surface area contributed by atoms with Gasteiger partial charge in [0.2, 0.25) is 0 Å². The Morgan fingerprint density at radius 1 is 1.14 bits per heavy atom. The number of fused-ring (bicyclic) bond motifs is 1. The first-order valence-electron chi connectivity index (χ1n) is 10.2. The number of benzene rings is 1. The van der Waals surface area contributed by atoms with Gasteiger partial charge in [-0.3, -0.25) is 9.80 Å². The molecule has 1 saturated heterocycles. The fraction of sp³-hybridized carbons (Fsp3) is 0.409. The van der Waals surface area contributed by atoms with Crippen LogP contribution in [0.5, 0.6) is 0 Å². The largest absolute Gasteiger partial charge is 0.286 e. The Hall–Kier alpha value is -2.80. The molecule has 0 spiro atoms. The standard InChI is InChI=1S/C22H26FN5O/c1-4-16-13-20(22(29)27-11-7-5-6-10-26(27)3)24-21-14-19(25-28(16)21)17-9-8-15(2)12-18(17)23/h8-9,12-14H,4-7,10-11H2,1-3H3. The number of hydrogen-bond acceptors (Lipinski definition) is 4. The highest BCUT2D eigenvalue weighted by molar-refractivity contribution is 5.92. The second-order valence-corrected chi connectivity index (χ2v) is 7.64. The molecule has 1 amide bonds. The van der Waals surface area contributed by atoms with Gasteiger partial charge in [0.25, 0.3) is 5.91 Å². The summed E-state index contributed by atoms with van der Waals surface area (Å²) in [5.41, 5.74) is 3.63.